The highest BCUT2D eigenvalue weighted by molar-refractivity contribution is 5.94. The first-order valence-electron chi connectivity index (χ1n) is 9.45. The highest BCUT2D eigenvalue weighted by Gasteiger charge is 2.41. The van der Waals surface area contributed by atoms with Gasteiger partial charge >= 0.3 is 12.1 Å². The first-order chi connectivity index (χ1) is 15.1. The fraction of sp³-hybridized carbons (Fsp3) is 0.238. The van der Waals surface area contributed by atoms with Crippen molar-refractivity contribution >= 4 is 11.9 Å². The van der Waals surface area contributed by atoms with E-state index < -0.39 is 41.3 Å². The minimum absolute atomic E-state index is 0.0368. The van der Waals surface area contributed by atoms with Gasteiger partial charge in [-0.2, -0.15) is 13.2 Å². The fourth-order valence-corrected chi connectivity index (χ4v) is 3.03. The molecule has 0 aliphatic carbocycles. The summed E-state index contributed by atoms with van der Waals surface area (Å²) < 4.78 is 54.2. The summed E-state index contributed by atoms with van der Waals surface area (Å²) in [5, 5.41) is 18.1. The molecule has 0 saturated heterocycles. The average Bonchev–Trinajstić information content (AvgIpc) is 3.18. The zero-order valence-corrected chi connectivity index (χ0v) is 16.7. The van der Waals surface area contributed by atoms with Crippen molar-refractivity contribution < 1.29 is 32.3 Å². The van der Waals surface area contributed by atoms with Crippen LogP contribution in [0.3, 0.4) is 0 Å². The van der Waals surface area contributed by atoms with E-state index in [1.165, 1.54) is 48.5 Å². The van der Waals surface area contributed by atoms with Crippen LogP contribution < -0.4 is 5.32 Å². The van der Waals surface area contributed by atoms with Crippen LogP contribution in [0.2, 0.25) is 0 Å². The number of amides is 1. The van der Waals surface area contributed by atoms with Gasteiger partial charge in [0.15, 0.2) is 11.4 Å². The van der Waals surface area contributed by atoms with Crippen LogP contribution in [0.4, 0.5) is 17.6 Å². The molecular weight excluding hydrogens is 432 g/mol. The van der Waals surface area contributed by atoms with E-state index in [0.29, 0.717) is 11.1 Å². The van der Waals surface area contributed by atoms with Gasteiger partial charge in [0, 0.05) is 6.54 Å². The number of aromatic nitrogens is 3. The van der Waals surface area contributed by atoms with Crippen molar-refractivity contribution in [2.45, 2.75) is 32.1 Å². The molecule has 2 aromatic carbocycles. The van der Waals surface area contributed by atoms with Crippen molar-refractivity contribution in [3.63, 3.8) is 0 Å². The topological polar surface area (TPSA) is 97.1 Å². The second-order valence-electron chi connectivity index (χ2n) is 7.01. The number of carboxylic acid groups (broad SMARTS) is 1. The molecule has 0 bridgehead atoms. The van der Waals surface area contributed by atoms with Gasteiger partial charge in [0.1, 0.15) is 5.82 Å². The molecule has 0 aliphatic heterocycles. The number of halogens is 4. The Labute approximate surface area is 179 Å². The predicted molar refractivity (Wildman–Crippen MR) is 104 cm³/mol. The monoisotopic (exact) mass is 450 g/mol. The number of benzene rings is 2. The molecule has 0 saturated carbocycles. The number of hydrogen-bond donors (Lipinski definition) is 2. The standard InChI is InChI=1S/C21H18F4N4O3/c1-12(14-4-6-15(7-5-14)20(31)32)26-19(30)17-18(21(23,24)25)27-28-29(17)11-10-13-2-8-16(22)9-3-13/h2-9,12H,10-11H2,1H3,(H,26,30)(H,31,32). The number of rotatable bonds is 7. The quantitative estimate of drug-likeness (QED) is 0.533. The first-order valence-corrected chi connectivity index (χ1v) is 9.45. The highest BCUT2D eigenvalue weighted by atomic mass is 19.4. The van der Waals surface area contributed by atoms with Gasteiger partial charge in [0.05, 0.1) is 11.6 Å². The van der Waals surface area contributed by atoms with E-state index in [4.69, 9.17) is 5.11 Å². The zero-order chi connectivity index (χ0) is 23.5. The normalized spacial score (nSPS) is 12.4. The van der Waals surface area contributed by atoms with Crippen molar-refractivity contribution in [1.82, 2.24) is 20.3 Å². The Morgan fingerprint density at radius 3 is 2.28 bits per heavy atom. The lowest BCUT2D eigenvalue weighted by atomic mass is 10.1. The molecule has 32 heavy (non-hydrogen) atoms. The molecule has 2 N–H and O–H groups in total. The van der Waals surface area contributed by atoms with Gasteiger partial charge in [-0.3, -0.25) is 4.79 Å². The van der Waals surface area contributed by atoms with Gasteiger partial charge < -0.3 is 10.4 Å². The lowest BCUT2D eigenvalue weighted by molar-refractivity contribution is -0.141. The summed E-state index contributed by atoms with van der Waals surface area (Å²) in [5.41, 5.74) is -0.971. The molecule has 3 rings (SSSR count). The minimum Gasteiger partial charge on any atom is -0.478 e. The molecule has 1 heterocycles. The summed E-state index contributed by atoms with van der Waals surface area (Å²) in [6.45, 7) is 1.47. The van der Waals surface area contributed by atoms with Gasteiger partial charge in [-0.25, -0.2) is 13.9 Å². The molecule has 168 valence electrons. The van der Waals surface area contributed by atoms with Crippen LogP contribution in [0.25, 0.3) is 0 Å². The number of carbonyl (C=O) groups excluding carboxylic acids is 1. The molecule has 0 radical (unpaired) electrons. The van der Waals surface area contributed by atoms with Gasteiger partial charge in [0.2, 0.25) is 0 Å². The molecule has 1 aromatic heterocycles. The summed E-state index contributed by atoms with van der Waals surface area (Å²) in [6.07, 6.45) is -4.69. The number of hydrogen-bond acceptors (Lipinski definition) is 4. The molecular formula is C21H18F4N4O3. The summed E-state index contributed by atoms with van der Waals surface area (Å²) in [6, 6.07) is 10.3. The number of alkyl halides is 3. The van der Waals surface area contributed by atoms with Gasteiger partial charge in [-0.15, -0.1) is 5.10 Å². The van der Waals surface area contributed by atoms with Crippen molar-refractivity contribution in [3.8, 4) is 0 Å². The van der Waals surface area contributed by atoms with Crippen molar-refractivity contribution in [2.24, 2.45) is 0 Å². The number of nitrogens with one attached hydrogen (secondary N) is 1. The van der Waals surface area contributed by atoms with Crippen molar-refractivity contribution in [3.05, 3.63) is 82.4 Å². The van der Waals surface area contributed by atoms with Crippen LogP contribution in [0, 0.1) is 5.82 Å². The van der Waals surface area contributed by atoms with Crippen LogP contribution in [-0.2, 0) is 19.1 Å². The lowest BCUT2D eigenvalue weighted by Crippen LogP contribution is -2.31. The maximum Gasteiger partial charge on any atom is 0.437 e. The average molecular weight is 450 g/mol. The van der Waals surface area contributed by atoms with E-state index >= 15 is 0 Å². The van der Waals surface area contributed by atoms with E-state index in [-0.39, 0.29) is 18.5 Å². The molecule has 0 fully saturated rings. The van der Waals surface area contributed by atoms with E-state index in [0.717, 1.165) is 4.68 Å². The molecule has 0 aliphatic rings. The Kier molecular flexibility index (Phi) is 6.56. The lowest BCUT2D eigenvalue weighted by Gasteiger charge is -2.16. The van der Waals surface area contributed by atoms with Crippen LogP contribution in [0.1, 0.15) is 50.6 Å². The largest absolute Gasteiger partial charge is 0.478 e. The molecule has 1 unspecified atom stereocenters. The van der Waals surface area contributed by atoms with Crippen LogP contribution in [0.15, 0.2) is 48.5 Å². The van der Waals surface area contributed by atoms with Crippen molar-refractivity contribution in [2.75, 3.05) is 0 Å². The molecule has 0 spiro atoms. The third-order valence-electron chi connectivity index (χ3n) is 4.75. The molecule has 1 amide bonds. The minimum atomic E-state index is -4.90. The Hall–Kier alpha value is -3.76. The maximum absolute atomic E-state index is 13.4. The highest BCUT2D eigenvalue weighted by Crippen LogP contribution is 2.30. The Balaban J connectivity index is 1.81. The van der Waals surface area contributed by atoms with Gasteiger partial charge in [-0.1, -0.05) is 29.5 Å². The second kappa shape index (κ2) is 9.16. The molecule has 1 atom stereocenters. The van der Waals surface area contributed by atoms with E-state index in [2.05, 4.69) is 15.6 Å². The molecule has 11 heteroatoms. The van der Waals surface area contributed by atoms with Gasteiger partial charge in [0.25, 0.3) is 5.91 Å². The Morgan fingerprint density at radius 2 is 1.72 bits per heavy atom. The Bertz CT molecular complexity index is 1110. The number of carbonyl (C=O) groups is 2. The van der Waals surface area contributed by atoms with Gasteiger partial charge in [-0.05, 0) is 48.7 Å². The van der Waals surface area contributed by atoms with Crippen molar-refractivity contribution in [1.29, 1.82) is 0 Å². The zero-order valence-electron chi connectivity index (χ0n) is 16.7. The number of carboxylic acids is 1. The molecule has 3 aromatic rings. The first kappa shape index (κ1) is 22.9. The van der Waals surface area contributed by atoms with E-state index in [1.54, 1.807) is 6.92 Å². The summed E-state index contributed by atoms with van der Waals surface area (Å²) in [4.78, 5) is 23.7. The number of nitrogens with zero attached hydrogens (tertiary/aromatic N) is 3. The fourth-order valence-electron chi connectivity index (χ4n) is 3.03. The van der Waals surface area contributed by atoms with E-state index in [1.807, 2.05) is 0 Å². The van der Waals surface area contributed by atoms with Crippen LogP contribution in [0.5, 0.6) is 0 Å². The van der Waals surface area contributed by atoms with Crippen LogP contribution in [-0.4, -0.2) is 32.0 Å². The number of aryl methyl sites for hydroxylation is 2. The smallest absolute Gasteiger partial charge is 0.437 e. The van der Waals surface area contributed by atoms with Crippen LogP contribution >= 0.6 is 0 Å². The number of aromatic carboxylic acids is 1. The third kappa shape index (κ3) is 5.29. The third-order valence-corrected chi connectivity index (χ3v) is 4.75. The summed E-state index contributed by atoms with van der Waals surface area (Å²) in [7, 11) is 0. The summed E-state index contributed by atoms with van der Waals surface area (Å²) >= 11 is 0. The predicted octanol–water partition coefficient (Wildman–Crippen LogP) is 3.87. The second-order valence-corrected chi connectivity index (χ2v) is 7.01. The maximum atomic E-state index is 13.4. The Morgan fingerprint density at radius 1 is 1.09 bits per heavy atom. The van der Waals surface area contributed by atoms with E-state index in [9.17, 15) is 27.2 Å². The summed E-state index contributed by atoms with van der Waals surface area (Å²) in [5.74, 6) is -2.60. The molecule has 7 nitrogen and oxygen atoms in total. The SMILES string of the molecule is CC(NC(=O)c1c(C(F)(F)F)nnn1CCc1ccc(F)cc1)c1ccc(C(=O)O)cc1.